The third-order valence-corrected chi connectivity index (χ3v) is 18.7. The van der Waals surface area contributed by atoms with Gasteiger partial charge in [0.15, 0.2) is 5.82 Å². The van der Waals surface area contributed by atoms with Crippen molar-refractivity contribution in [1.82, 2.24) is 28.2 Å². The van der Waals surface area contributed by atoms with Crippen molar-refractivity contribution in [1.29, 1.82) is 0 Å². The van der Waals surface area contributed by atoms with Crippen LogP contribution < -0.4 is 0 Å². The Balaban J connectivity index is 0.829. The van der Waals surface area contributed by atoms with E-state index in [0.717, 1.165) is 94.4 Å². The van der Waals surface area contributed by atoms with Gasteiger partial charge in [-0.15, -0.1) is 0 Å². The van der Waals surface area contributed by atoms with Gasteiger partial charge in [0, 0.05) is 87.7 Å². The van der Waals surface area contributed by atoms with E-state index in [1.54, 1.807) is 0 Å². The number of hydrogen-bond donors (Lipinski definition) is 0. The van der Waals surface area contributed by atoms with E-state index in [1.165, 1.54) is 76.3 Å². The molecule has 0 radical (unpaired) electrons. The molecule has 0 unspecified atom stereocenters. The van der Waals surface area contributed by atoms with Gasteiger partial charge in [-0.05, 0) is 149 Å². The first-order chi connectivity index (χ1) is 44.6. The molecule has 0 aliphatic rings. The molecule has 418 valence electrons. The fourth-order valence-electron chi connectivity index (χ4n) is 14.7. The summed E-state index contributed by atoms with van der Waals surface area (Å²) in [6.07, 6.45) is 0. The summed E-state index contributed by atoms with van der Waals surface area (Å²) in [6.45, 7) is 0. The zero-order valence-corrected chi connectivity index (χ0v) is 48.7. The lowest BCUT2D eigenvalue weighted by Crippen LogP contribution is -2.02. The van der Waals surface area contributed by atoms with Gasteiger partial charge >= 0.3 is 0 Å². The maximum atomic E-state index is 5.63. The van der Waals surface area contributed by atoms with Gasteiger partial charge in [0.05, 0.1) is 55.3 Å². The Bertz CT molecular complexity index is 5850. The first-order valence-corrected chi connectivity index (χ1v) is 30.8. The van der Waals surface area contributed by atoms with E-state index < -0.39 is 0 Å². The molecule has 6 nitrogen and oxygen atoms in total. The van der Waals surface area contributed by atoms with Crippen LogP contribution in [0.4, 0.5) is 0 Å². The minimum absolute atomic E-state index is 0.653. The average Bonchev–Trinajstić information content (AvgIpc) is 1.82. The highest BCUT2D eigenvalue weighted by Crippen LogP contribution is 2.44. The molecule has 5 aromatic heterocycles. The molecule has 0 bridgehead atoms. The van der Waals surface area contributed by atoms with Gasteiger partial charge in [-0.25, -0.2) is 9.97 Å². The second-order valence-electron chi connectivity index (χ2n) is 23.7. The third-order valence-electron chi connectivity index (χ3n) is 18.7. The lowest BCUT2D eigenvalue weighted by atomic mass is 10.0. The quantitative estimate of drug-likeness (QED) is 0.142. The summed E-state index contributed by atoms with van der Waals surface area (Å²) < 4.78 is 9.66. The van der Waals surface area contributed by atoms with E-state index in [4.69, 9.17) is 9.97 Å². The molecule has 0 N–H and O–H groups in total. The molecule has 0 saturated carbocycles. The number of benzene rings is 14. The first kappa shape index (κ1) is 50.1. The van der Waals surface area contributed by atoms with Gasteiger partial charge in [0.2, 0.25) is 0 Å². The molecular weight excluding hydrogens is 1090 g/mol. The Hall–Kier alpha value is -12.1. The second kappa shape index (κ2) is 19.7. The highest BCUT2D eigenvalue weighted by Gasteiger charge is 2.23. The Morgan fingerprint density at radius 2 is 0.533 bits per heavy atom. The molecule has 14 aromatic carbocycles. The van der Waals surface area contributed by atoms with Crippen LogP contribution in [0.3, 0.4) is 0 Å². The standard InChI is InChI=1S/C84H52N6/c1-4-21-54(22-5-1)82-69-41-36-53-20-10-11-27-64(53)83(69)86-84(85-82)59-46-62(89-76-34-18-14-30-67(76)72-50-57(39-44-80(72)89)55-37-42-78-70(48-55)65-28-12-16-32-74(65)87(78)60-23-6-2-7-24-60)52-63(47-59)90-77-35-19-15-31-68(77)73-51-58(40-45-81(73)90)56-38-43-79-71(49-56)66-29-13-17-33-75(66)88(79)61-25-8-3-9-26-61/h1-52H. The van der Waals surface area contributed by atoms with E-state index in [0.29, 0.717) is 5.82 Å². The van der Waals surface area contributed by atoms with Gasteiger partial charge < -0.3 is 18.3 Å². The topological polar surface area (TPSA) is 45.5 Å². The molecule has 19 rings (SSSR count). The summed E-state index contributed by atoms with van der Waals surface area (Å²) in [7, 11) is 0. The Morgan fingerprint density at radius 3 is 0.956 bits per heavy atom. The van der Waals surface area contributed by atoms with Gasteiger partial charge in [-0.2, -0.15) is 0 Å². The minimum Gasteiger partial charge on any atom is -0.309 e. The molecule has 0 aliphatic carbocycles. The molecule has 0 aliphatic heterocycles. The molecule has 0 saturated heterocycles. The summed E-state index contributed by atoms with van der Waals surface area (Å²) in [6, 6.07) is 115. The first-order valence-electron chi connectivity index (χ1n) is 30.8. The Labute approximate surface area is 517 Å². The summed E-state index contributed by atoms with van der Waals surface area (Å²) in [5, 5.41) is 12.9. The Kier molecular flexibility index (Phi) is 11.0. The monoisotopic (exact) mass is 1140 g/mol. The smallest absolute Gasteiger partial charge is 0.160 e. The molecule has 0 spiro atoms. The van der Waals surface area contributed by atoms with Crippen LogP contribution in [0, 0.1) is 0 Å². The molecule has 0 atom stereocenters. The van der Waals surface area contributed by atoms with Crippen molar-refractivity contribution < 1.29 is 0 Å². The highest BCUT2D eigenvalue weighted by atomic mass is 15.0. The third kappa shape index (κ3) is 7.65. The molecule has 0 amide bonds. The Morgan fingerprint density at radius 1 is 0.189 bits per heavy atom. The normalized spacial score (nSPS) is 12.0. The lowest BCUT2D eigenvalue weighted by molar-refractivity contribution is 1.13. The number of aromatic nitrogens is 6. The van der Waals surface area contributed by atoms with E-state index >= 15 is 0 Å². The summed E-state index contributed by atoms with van der Waals surface area (Å²) >= 11 is 0. The van der Waals surface area contributed by atoms with Gasteiger partial charge in [0.1, 0.15) is 0 Å². The maximum Gasteiger partial charge on any atom is 0.160 e. The zero-order valence-electron chi connectivity index (χ0n) is 48.7. The van der Waals surface area contributed by atoms with Crippen LogP contribution in [0.15, 0.2) is 315 Å². The van der Waals surface area contributed by atoms with Crippen LogP contribution >= 0.6 is 0 Å². The molecule has 19 aromatic rings. The van der Waals surface area contributed by atoms with Crippen molar-refractivity contribution in [2.75, 3.05) is 0 Å². The fraction of sp³-hybridized carbons (Fsp3) is 0. The number of fused-ring (bicyclic) bond motifs is 15. The molecule has 0 fully saturated rings. The molecule has 90 heavy (non-hydrogen) atoms. The molecule has 6 heteroatoms. The molecule has 5 heterocycles. The van der Waals surface area contributed by atoms with E-state index in [1.807, 2.05) is 0 Å². The van der Waals surface area contributed by atoms with E-state index in [-0.39, 0.29) is 0 Å². The van der Waals surface area contributed by atoms with E-state index in [2.05, 4.69) is 334 Å². The second-order valence-corrected chi connectivity index (χ2v) is 23.7. The predicted octanol–water partition coefficient (Wildman–Crippen LogP) is 21.8. The van der Waals surface area contributed by atoms with Crippen molar-refractivity contribution in [3.05, 3.63) is 315 Å². The molecular formula is C84H52N6. The summed E-state index contributed by atoms with van der Waals surface area (Å²) in [5.41, 5.74) is 21.9. The average molecular weight is 1150 g/mol. The largest absolute Gasteiger partial charge is 0.309 e. The van der Waals surface area contributed by atoms with Crippen molar-refractivity contribution in [2.24, 2.45) is 0 Å². The van der Waals surface area contributed by atoms with Gasteiger partial charge in [0.25, 0.3) is 0 Å². The lowest BCUT2D eigenvalue weighted by Gasteiger charge is -2.17. The van der Waals surface area contributed by atoms with Crippen molar-refractivity contribution >= 4 is 109 Å². The summed E-state index contributed by atoms with van der Waals surface area (Å²) in [5.74, 6) is 0.653. The fourth-order valence-corrected chi connectivity index (χ4v) is 14.7. The number of rotatable bonds is 8. The minimum atomic E-state index is 0.653. The van der Waals surface area contributed by atoms with Crippen LogP contribution in [0.2, 0.25) is 0 Å². The van der Waals surface area contributed by atoms with Crippen LogP contribution in [0.5, 0.6) is 0 Å². The SMILES string of the molecule is c1ccc(-c2nc(-c3cc(-n4c5ccccc5c5cc(-c6ccc7c(c6)c6ccccc6n7-c6ccccc6)ccc54)cc(-n4c5ccccc5c5cc(-c6ccc7c(c6)c6ccccc6n7-c6ccccc6)ccc54)c3)nc3c2ccc2ccccc23)cc1. The van der Waals surface area contributed by atoms with Crippen molar-refractivity contribution in [3.63, 3.8) is 0 Å². The van der Waals surface area contributed by atoms with Crippen LogP contribution in [-0.4, -0.2) is 28.2 Å². The predicted molar refractivity (Wildman–Crippen MR) is 376 cm³/mol. The number of hydrogen-bond acceptors (Lipinski definition) is 2. The zero-order chi connectivity index (χ0) is 59.0. The number of para-hydroxylation sites is 6. The number of nitrogens with zero attached hydrogens (tertiary/aromatic N) is 6. The van der Waals surface area contributed by atoms with Crippen molar-refractivity contribution in [3.8, 4) is 67.6 Å². The maximum absolute atomic E-state index is 5.63. The highest BCUT2D eigenvalue weighted by molar-refractivity contribution is 6.16. The van der Waals surface area contributed by atoms with Crippen LogP contribution in [0.1, 0.15) is 0 Å². The van der Waals surface area contributed by atoms with Crippen LogP contribution in [-0.2, 0) is 0 Å². The van der Waals surface area contributed by atoms with Gasteiger partial charge in [-0.3, -0.25) is 0 Å². The van der Waals surface area contributed by atoms with Gasteiger partial charge in [-0.1, -0.05) is 194 Å². The van der Waals surface area contributed by atoms with Crippen LogP contribution in [0.25, 0.3) is 177 Å². The summed E-state index contributed by atoms with van der Waals surface area (Å²) in [4.78, 5) is 11.2. The van der Waals surface area contributed by atoms with E-state index in [9.17, 15) is 0 Å². The van der Waals surface area contributed by atoms with Crippen molar-refractivity contribution in [2.45, 2.75) is 0 Å².